The molecular formula is C24H29N3O2. The third-order valence-corrected chi connectivity index (χ3v) is 5.95. The first kappa shape index (κ1) is 19.6. The van der Waals surface area contributed by atoms with Gasteiger partial charge in [-0.1, -0.05) is 48.9 Å². The summed E-state index contributed by atoms with van der Waals surface area (Å²) in [5.41, 5.74) is 9.71. The Morgan fingerprint density at radius 1 is 0.931 bits per heavy atom. The summed E-state index contributed by atoms with van der Waals surface area (Å²) in [6.45, 7) is 1.53. The highest BCUT2D eigenvalue weighted by Gasteiger charge is 2.34. The molecule has 4 rings (SSSR count). The highest BCUT2D eigenvalue weighted by molar-refractivity contribution is 5.93. The van der Waals surface area contributed by atoms with E-state index < -0.39 is 0 Å². The third kappa shape index (κ3) is 4.85. The van der Waals surface area contributed by atoms with Gasteiger partial charge in [-0.2, -0.15) is 0 Å². The number of nitrogens with two attached hydrogens (primary N) is 1. The molecule has 0 atom stereocenters. The van der Waals surface area contributed by atoms with Gasteiger partial charge in [-0.25, -0.2) is 0 Å². The molecule has 0 bridgehead atoms. The molecule has 0 heterocycles. The number of nitrogens with one attached hydrogen (secondary N) is 1. The number of nitrogens with zero attached hydrogens (tertiary/aromatic N) is 1. The largest absolute Gasteiger partial charge is 0.334 e. The van der Waals surface area contributed by atoms with Crippen LogP contribution in [0.4, 0.5) is 5.69 Å². The molecule has 2 aromatic rings. The highest BCUT2D eigenvalue weighted by Crippen LogP contribution is 2.33. The number of benzene rings is 2. The lowest BCUT2D eigenvalue weighted by Crippen LogP contribution is -2.32. The van der Waals surface area contributed by atoms with Crippen LogP contribution in [0.15, 0.2) is 48.5 Å². The first-order chi connectivity index (χ1) is 14.1. The van der Waals surface area contributed by atoms with Gasteiger partial charge >= 0.3 is 0 Å². The second-order valence-corrected chi connectivity index (χ2v) is 8.27. The molecule has 2 aromatic carbocycles. The fourth-order valence-corrected chi connectivity index (χ4v) is 3.77. The zero-order valence-electron chi connectivity index (χ0n) is 16.8. The number of amides is 2. The van der Waals surface area contributed by atoms with Crippen molar-refractivity contribution in [2.75, 3.05) is 5.32 Å². The summed E-state index contributed by atoms with van der Waals surface area (Å²) >= 11 is 0. The van der Waals surface area contributed by atoms with Crippen molar-refractivity contribution in [2.24, 2.45) is 17.6 Å². The normalized spacial score (nSPS) is 16.2. The van der Waals surface area contributed by atoms with Crippen molar-refractivity contribution < 1.29 is 9.59 Å². The van der Waals surface area contributed by atoms with Gasteiger partial charge in [0.1, 0.15) is 0 Å². The van der Waals surface area contributed by atoms with Crippen molar-refractivity contribution in [3.05, 3.63) is 65.2 Å². The van der Waals surface area contributed by atoms with Gasteiger partial charge in [0.05, 0.1) is 0 Å². The fourth-order valence-electron chi connectivity index (χ4n) is 3.77. The molecule has 0 unspecified atom stereocenters. The average molecular weight is 392 g/mol. The Balaban J connectivity index is 1.52. The van der Waals surface area contributed by atoms with Gasteiger partial charge in [0, 0.05) is 37.2 Å². The second kappa shape index (κ2) is 8.78. The van der Waals surface area contributed by atoms with Gasteiger partial charge < -0.3 is 16.0 Å². The molecule has 5 nitrogen and oxygen atoms in total. The van der Waals surface area contributed by atoms with Crippen molar-refractivity contribution in [1.82, 2.24) is 4.90 Å². The van der Waals surface area contributed by atoms with Crippen molar-refractivity contribution in [3.63, 3.8) is 0 Å². The predicted octanol–water partition coefficient (Wildman–Crippen LogP) is 3.82. The minimum Gasteiger partial charge on any atom is -0.334 e. The van der Waals surface area contributed by atoms with E-state index in [-0.39, 0.29) is 23.7 Å². The van der Waals surface area contributed by atoms with E-state index in [1.807, 2.05) is 47.4 Å². The number of para-hydroxylation sites is 1. The van der Waals surface area contributed by atoms with Gasteiger partial charge in [0.2, 0.25) is 11.8 Å². The van der Waals surface area contributed by atoms with E-state index in [9.17, 15) is 9.59 Å². The van der Waals surface area contributed by atoms with Gasteiger partial charge in [-0.05, 0) is 48.4 Å². The van der Waals surface area contributed by atoms with E-state index in [1.165, 1.54) is 0 Å². The van der Waals surface area contributed by atoms with Crippen LogP contribution in [0.1, 0.15) is 48.8 Å². The molecule has 0 aromatic heterocycles. The SMILES string of the molecule is NCc1cccc(CN(Cc2ccccc2NC(=O)C2CCC2)C(=O)C2CC2)c1. The minimum absolute atomic E-state index is 0.0967. The third-order valence-electron chi connectivity index (χ3n) is 5.95. The van der Waals surface area contributed by atoms with E-state index in [4.69, 9.17) is 5.73 Å². The lowest BCUT2D eigenvalue weighted by atomic mass is 9.85. The molecule has 2 aliphatic rings. The van der Waals surface area contributed by atoms with Gasteiger partial charge in [0.25, 0.3) is 0 Å². The van der Waals surface area contributed by atoms with Gasteiger partial charge in [-0.15, -0.1) is 0 Å². The maximum Gasteiger partial charge on any atom is 0.227 e. The maximum absolute atomic E-state index is 13.0. The molecule has 0 spiro atoms. The Morgan fingerprint density at radius 2 is 1.69 bits per heavy atom. The van der Waals surface area contributed by atoms with E-state index >= 15 is 0 Å². The summed E-state index contributed by atoms with van der Waals surface area (Å²) in [5, 5.41) is 3.09. The van der Waals surface area contributed by atoms with Crippen LogP contribution in [0, 0.1) is 11.8 Å². The first-order valence-corrected chi connectivity index (χ1v) is 10.6. The number of anilines is 1. The Morgan fingerprint density at radius 3 is 2.38 bits per heavy atom. The zero-order chi connectivity index (χ0) is 20.2. The van der Waals surface area contributed by atoms with E-state index in [1.54, 1.807) is 0 Å². The number of hydrogen-bond donors (Lipinski definition) is 2. The number of carbonyl (C=O) groups excluding carboxylic acids is 2. The van der Waals surface area contributed by atoms with Crippen LogP contribution < -0.4 is 11.1 Å². The molecule has 2 saturated carbocycles. The molecule has 0 radical (unpaired) electrons. The van der Waals surface area contributed by atoms with Crippen LogP contribution in [-0.4, -0.2) is 16.7 Å². The summed E-state index contributed by atoms with van der Waals surface area (Å²) in [6, 6.07) is 15.9. The zero-order valence-corrected chi connectivity index (χ0v) is 16.8. The quantitative estimate of drug-likeness (QED) is 0.718. The number of carbonyl (C=O) groups is 2. The van der Waals surface area contributed by atoms with E-state index in [2.05, 4.69) is 11.4 Å². The summed E-state index contributed by atoms with van der Waals surface area (Å²) in [6.07, 6.45) is 5.01. The van der Waals surface area contributed by atoms with Crippen molar-refractivity contribution in [3.8, 4) is 0 Å². The van der Waals surface area contributed by atoms with Crippen LogP contribution in [-0.2, 0) is 29.2 Å². The van der Waals surface area contributed by atoms with Crippen LogP contribution in [0.3, 0.4) is 0 Å². The molecule has 0 aliphatic heterocycles. The molecular weight excluding hydrogens is 362 g/mol. The molecule has 2 amide bonds. The summed E-state index contributed by atoms with van der Waals surface area (Å²) < 4.78 is 0. The van der Waals surface area contributed by atoms with Crippen molar-refractivity contribution in [1.29, 1.82) is 0 Å². The smallest absolute Gasteiger partial charge is 0.227 e. The molecule has 29 heavy (non-hydrogen) atoms. The average Bonchev–Trinajstić information content (AvgIpc) is 3.52. The van der Waals surface area contributed by atoms with Crippen LogP contribution in [0.2, 0.25) is 0 Å². The summed E-state index contributed by atoms with van der Waals surface area (Å²) in [7, 11) is 0. The van der Waals surface area contributed by atoms with Crippen LogP contribution in [0.5, 0.6) is 0 Å². The highest BCUT2D eigenvalue weighted by atomic mass is 16.2. The summed E-state index contributed by atoms with van der Waals surface area (Å²) in [5.74, 6) is 0.568. The fraction of sp³-hybridized carbons (Fsp3) is 0.417. The van der Waals surface area contributed by atoms with Crippen molar-refractivity contribution in [2.45, 2.75) is 51.7 Å². The second-order valence-electron chi connectivity index (χ2n) is 8.27. The molecule has 2 aliphatic carbocycles. The summed E-state index contributed by atoms with van der Waals surface area (Å²) in [4.78, 5) is 27.3. The predicted molar refractivity (Wildman–Crippen MR) is 114 cm³/mol. The molecule has 2 fully saturated rings. The monoisotopic (exact) mass is 391 g/mol. The minimum atomic E-state index is 0.0967. The van der Waals surface area contributed by atoms with Crippen LogP contribution in [0.25, 0.3) is 0 Å². The van der Waals surface area contributed by atoms with Crippen molar-refractivity contribution >= 4 is 17.5 Å². The number of rotatable bonds is 8. The lowest BCUT2D eigenvalue weighted by molar-refractivity contribution is -0.133. The molecule has 0 saturated heterocycles. The molecule has 5 heteroatoms. The number of hydrogen-bond acceptors (Lipinski definition) is 3. The van der Waals surface area contributed by atoms with Crippen LogP contribution >= 0.6 is 0 Å². The first-order valence-electron chi connectivity index (χ1n) is 10.6. The van der Waals surface area contributed by atoms with Gasteiger partial charge in [0.15, 0.2) is 0 Å². The van der Waals surface area contributed by atoms with E-state index in [0.29, 0.717) is 19.6 Å². The van der Waals surface area contributed by atoms with E-state index in [0.717, 1.165) is 54.5 Å². The lowest BCUT2D eigenvalue weighted by Gasteiger charge is -2.27. The Kier molecular flexibility index (Phi) is 5.95. The maximum atomic E-state index is 13.0. The standard InChI is InChI=1S/C24H29N3O2/c25-14-17-5-3-6-18(13-17)15-27(24(29)20-11-12-20)16-21-7-1-2-10-22(21)26-23(28)19-8-4-9-19/h1-3,5-7,10,13,19-20H,4,8-9,11-12,14-16,25H2,(H,26,28). The topological polar surface area (TPSA) is 75.4 Å². The molecule has 3 N–H and O–H groups in total. The Labute approximate surface area is 172 Å². The van der Waals surface area contributed by atoms with Gasteiger partial charge in [-0.3, -0.25) is 9.59 Å². The molecule has 152 valence electrons. The Hall–Kier alpha value is -2.66. The Bertz CT molecular complexity index is 887.